The van der Waals surface area contributed by atoms with Gasteiger partial charge in [-0.3, -0.25) is 0 Å². The molecule has 0 amide bonds. The van der Waals surface area contributed by atoms with Crippen molar-refractivity contribution in [3.8, 4) is 17.3 Å². The zero-order chi connectivity index (χ0) is 31.3. The van der Waals surface area contributed by atoms with E-state index in [4.69, 9.17) is 9.72 Å². The molecule has 0 N–H and O–H groups in total. The van der Waals surface area contributed by atoms with Crippen LogP contribution in [-0.2, 0) is 26.5 Å². The normalized spacial score (nSPS) is 13.4. The molecule has 1 aliphatic heterocycles. The van der Waals surface area contributed by atoms with E-state index >= 15 is 0 Å². The van der Waals surface area contributed by atoms with Crippen molar-refractivity contribution in [2.75, 3.05) is 9.80 Å². The predicted molar refractivity (Wildman–Crippen MR) is 189 cm³/mol. The summed E-state index contributed by atoms with van der Waals surface area (Å²) in [7, 11) is -1.54. The number of para-hydroxylation sites is 2. The van der Waals surface area contributed by atoms with E-state index in [0.717, 1.165) is 39.2 Å². The Morgan fingerprint density at radius 3 is 2.26 bits per heavy atom. The summed E-state index contributed by atoms with van der Waals surface area (Å²) in [6, 6.07) is 38.7. The van der Waals surface area contributed by atoms with Crippen molar-refractivity contribution in [2.45, 2.75) is 45.8 Å². The minimum absolute atomic E-state index is 0. The van der Waals surface area contributed by atoms with Crippen molar-refractivity contribution in [2.24, 2.45) is 0 Å². The Kier molecular flexibility index (Phi) is 8.47. The Morgan fingerprint density at radius 1 is 0.761 bits per heavy atom. The maximum absolute atomic E-state index is 6.58. The molecule has 0 aliphatic carbocycles. The van der Waals surface area contributed by atoms with Crippen molar-refractivity contribution in [3.05, 3.63) is 134 Å². The zero-order valence-corrected chi connectivity index (χ0v) is 30.3. The molecule has 0 saturated carbocycles. The fraction of sp³-hybridized carbons (Fsp3) is 0.179. The molecule has 7 rings (SSSR count). The van der Waals surface area contributed by atoms with Gasteiger partial charge in [-0.05, 0) is 53.5 Å². The first kappa shape index (κ1) is 31.8. The monoisotopic (exact) mass is 800 g/mol. The Hall–Kier alpha value is -4.12. The summed E-state index contributed by atoms with van der Waals surface area (Å²) in [5.41, 5.74) is 5.13. The standard InChI is InChI=1S/C39H37N4OSi.Pt/c1-39(2,3)28-22-30(42-21-20-41(27-42)29-12-8-7-9-13-29)24-32(23-28)44-31-16-17-35-34-14-10-11-15-36(34)43(37(35)25-31)38-26-33(18-19-40-38)45(4,5)6;/h7-23,26-27H,1-6H3;/q-3;. The number of nitrogens with zero attached hydrogens (tertiary/aromatic N) is 4. The van der Waals surface area contributed by atoms with Gasteiger partial charge in [0.05, 0.1) is 8.07 Å². The zero-order valence-electron chi connectivity index (χ0n) is 27.0. The van der Waals surface area contributed by atoms with E-state index in [1.165, 1.54) is 10.6 Å². The van der Waals surface area contributed by atoms with Crippen LogP contribution in [0.25, 0.3) is 27.6 Å². The number of anilines is 2. The van der Waals surface area contributed by atoms with Crippen LogP contribution in [0.15, 0.2) is 110 Å². The second-order valence-corrected chi connectivity index (χ2v) is 18.7. The first-order chi connectivity index (χ1) is 21.5. The van der Waals surface area contributed by atoms with Crippen LogP contribution >= 0.6 is 0 Å². The molecule has 46 heavy (non-hydrogen) atoms. The first-order valence-corrected chi connectivity index (χ1v) is 18.9. The molecule has 0 atom stereocenters. The predicted octanol–water partition coefficient (Wildman–Crippen LogP) is 9.33. The molecule has 1 aliphatic rings. The molecule has 0 spiro atoms. The van der Waals surface area contributed by atoms with E-state index in [1.807, 2.05) is 36.7 Å². The van der Waals surface area contributed by atoms with Crippen LogP contribution in [0, 0.1) is 18.8 Å². The summed E-state index contributed by atoms with van der Waals surface area (Å²) in [5.74, 6) is 2.18. The Balaban J connectivity index is 0.00000372. The molecular formula is C39H37N4OPtSi-3. The van der Waals surface area contributed by atoms with Gasteiger partial charge in [0.15, 0.2) is 0 Å². The molecule has 5 nitrogen and oxygen atoms in total. The van der Waals surface area contributed by atoms with Crippen molar-refractivity contribution < 1.29 is 25.8 Å². The quantitative estimate of drug-likeness (QED) is 0.124. The first-order valence-electron chi connectivity index (χ1n) is 15.4. The Morgan fingerprint density at radius 2 is 1.50 bits per heavy atom. The molecule has 4 aromatic carbocycles. The number of hydrogen-bond donors (Lipinski definition) is 0. The fourth-order valence-corrected chi connectivity index (χ4v) is 6.84. The average Bonchev–Trinajstić information content (AvgIpc) is 3.64. The third-order valence-corrected chi connectivity index (χ3v) is 10.3. The Bertz CT molecular complexity index is 2060. The van der Waals surface area contributed by atoms with Gasteiger partial charge in [-0.1, -0.05) is 87.5 Å². The van der Waals surface area contributed by atoms with Crippen LogP contribution in [0.3, 0.4) is 0 Å². The minimum Gasteiger partial charge on any atom is -0.509 e. The summed E-state index contributed by atoms with van der Waals surface area (Å²) in [4.78, 5) is 9.01. The maximum Gasteiger partial charge on any atom is 0.135 e. The van der Waals surface area contributed by atoms with Crippen LogP contribution in [-0.4, -0.2) is 17.6 Å². The summed E-state index contributed by atoms with van der Waals surface area (Å²) >= 11 is 0. The molecule has 7 heteroatoms. The summed E-state index contributed by atoms with van der Waals surface area (Å²) in [6.45, 7) is 15.8. The number of aromatic nitrogens is 2. The van der Waals surface area contributed by atoms with Crippen LogP contribution in [0.4, 0.5) is 11.4 Å². The van der Waals surface area contributed by atoms with Gasteiger partial charge in [0.1, 0.15) is 5.82 Å². The van der Waals surface area contributed by atoms with E-state index in [-0.39, 0.29) is 26.5 Å². The number of fused-ring (bicyclic) bond motifs is 3. The fourth-order valence-electron chi connectivity index (χ4n) is 5.70. The van der Waals surface area contributed by atoms with Crippen molar-refractivity contribution in [1.29, 1.82) is 0 Å². The molecule has 0 unspecified atom stereocenters. The van der Waals surface area contributed by atoms with Gasteiger partial charge >= 0.3 is 0 Å². The molecule has 2 aromatic heterocycles. The molecule has 0 fully saturated rings. The number of benzene rings is 4. The SMILES string of the molecule is CC(C)(C)c1cc(Oc2[c-]c3c(cc2)c2ccccc2n3-c2cc([Si](C)(C)C)ccn2)[c-]c(N2C=CN(c3ccccc3)[CH-]2)c1.[Pt]. The summed E-state index contributed by atoms with van der Waals surface area (Å²) in [5, 5.41) is 3.65. The molecule has 6 aromatic rings. The topological polar surface area (TPSA) is 33.5 Å². The van der Waals surface area contributed by atoms with Gasteiger partial charge in [-0.2, -0.15) is 6.07 Å². The van der Waals surface area contributed by atoms with E-state index in [2.05, 4.69) is 147 Å². The number of hydrogen-bond acceptors (Lipinski definition) is 4. The second-order valence-electron chi connectivity index (χ2n) is 13.6. The maximum atomic E-state index is 6.58. The third-order valence-electron chi connectivity index (χ3n) is 8.28. The van der Waals surface area contributed by atoms with Gasteiger partial charge in [-0.15, -0.1) is 53.6 Å². The molecule has 0 radical (unpaired) electrons. The summed E-state index contributed by atoms with van der Waals surface area (Å²) < 4.78 is 8.79. The second kappa shape index (κ2) is 12.2. The van der Waals surface area contributed by atoms with E-state index in [0.29, 0.717) is 11.5 Å². The van der Waals surface area contributed by atoms with Crippen LogP contribution in [0.5, 0.6) is 11.5 Å². The van der Waals surface area contributed by atoms with Crippen LogP contribution in [0.2, 0.25) is 19.6 Å². The number of ether oxygens (including phenoxy) is 1. The number of rotatable bonds is 6. The van der Waals surface area contributed by atoms with Gasteiger partial charge in [0, 0.05) is 50.0 Å². The minimum atomic E-state index is -1.54. The Labute approximate surface area is 287 Å². The molecular weight excluding hydrogens is 764 g/mol. The largest absolute Gasteiger partial charge is 0.509 e. The summed E-state index contributed by atoms with van der Waals surface area (Å²) in [6.07, 6.45) is 6.04. The molecule has 236 valence electrons. The van der Waals surface area contributed by atoms with Gasteiger partial charge in [0.25, 0.3) is 0 Å². The van der Waals surface area contributed by atoms with Gasteiger partial charge in [-0.25, -0.2) is 4.98 Å². The van der Waals surface area contributed by atoms with E-state index in [9.17, 15) is 0 Å². The molecule has 0 saturated heterocycles. The average molecular weight is 801 g/mol. The van der Waals surface area contributed by atoms with Crippen molar-refractivity contribution in [3.63, 3.8) is 0 Å². The van der Waals surface area contributed by atoms with E-state index < -0.39 is 8.07 Å². The van der Waals surface area contributed by atoms with Gasteiger partial charge < -0.3 is 19.1 Å². The van der Waals surface area contributed by atoms with Gasteiger partial charge in [0.2, 0.25) is 0 Å². The van der Waals surface area contributed by atoms with Crippen LogP contribution in [0.1, 0.15) is 26.3 Å². The number of pyridine rings is 1. The molecule has 0 bridgehead atoms. The van der Waals surface area contributed by atoms with Crippen LogP contribution < -0.4 is 19.7 Å². The van der Waals surface area contributed by atoms with Crippen molar-refractivity contribution >= 4 is 46.4 Å². The molecule has 3 heterocycles. The van der Waals surface area contributed by atoms with Crippen molar-refractivity contribution in [1.82, 2.24) is 9.55 Å². The third kappa shape index (κ3) is 6.16. The van der Waals surface area contributed by atoms with E-state index in [1.54, 1.807) is 0 Å². The smallest absolute Gasteiger partial charge is 0.135 e.